The van der Waals surface area contributed by atoms with Crippen LogP contribution in [0.2, 0.25) is 0 Å². The van der Waals surface area contributed by atoms with E-state index in [9.17, 15) is 13.2 Å². The monoisotopic (exact) mass is 433 g/mol. The fourth-order valence-corrected chi connectivity index (χ4v) is 4.71. The van der Waals surface area contributed by atoms with E-state index < -0.39 is 15.9 Å². The maximum Gasteiger partial charge on any atom is 0.279 e. The van der Waals surface area contributed by atoms with Crippen LogP contribution in [0.3, 0.4) is 0 Å². The second-order valence-corrected chi connectivity index (χ2v) is 9.59. The van der Waals surface area contributed by atoms with Crippen LogP contribution in [-0.4, -0.2) is 50.5 Å². The van der Waals surface area contributed by atoms with Crippen LogP contribution in [0.25, 0.3) is 10.2 Å². The summed E-state index contributed by atoms with van der Waals surface area (Å²) in [4.78, 5) is 17.7. The van der Waals surface area contributed by atoms with Gasteiger partial charge in [-0.2, -0.15) is 4.99 Å². The summed E-state index contributed by atoms with van der Waals surface area (Å²) in [6.07, 6.45) is 0. The lowest BCUT2D eigenvalue weighted by atomic mass is 10.2. The van der Waals surface area contributed by atoms with Crippen molar-refractivity contribution in [1.82, 2.24) is 8.87 Å². The molecule has 9 heteroatoms. The quantitative estimate of drug-likeness (QED) is 0.537. The maximum absolute atomic E-state index is 12.7. The van der Waals surface area contributed by atoms with Crippen molar-refractivity contribution in [2.75, 3.05) is 27.3 Å². The first-order valence-electron chi connectivity index (χ1n) is 9.12. The molecule has 0 aliphatic heterocycles. The molecule has 0 atom stereocenters. The summed E-state index contributed by atoms with van der Waals surface area (Å²) in [7, 11) is -0.611. The number of para-hydroxylation sites is 1. The van der Waals surface area contributed by atoms with Gasteiger partial charge in [-0.15, -0.1) is 0 Å². The Bertz CT molecular complexity index is 1180. The number of carbonyl (C=O) groups is 1. The first-order valence-corrected chi connectivity index (χ1v) is 11.4. The molecule has 7 nitrogen and oxygen atoms in total. The minimum Gasteiger partial charge on any atom is -0.380 e. The number of sulfonamides is 1. The van der Waals surface area contributed by atoms with Crippen LogP contribution >= 0.6 is 11.3 Å². The van der Waals surface area contributed by atoms with Crippen LogP contribution < -0.4 is 4.80 Å². The van der Waals surface area contributed by atoms with E-state index in [0.717, 1.165) is 14.5 Å². The fraction of sp³-hybridized carbons (Fsp3) is 0.300. The lowest BCUT2D eigenvalue weighted by Gasteiger charge is -2.11. The molecule has 1 aromatic heterocycles. The molecule has 0 spiro atoms. The highest BCUT2D eigenvalue weighted by atomic mass is 32.2. The molecule has 1 amide bonds. The van der Waals surface area contributed by atoms with Crippen LogP contribution in [0.1, 0.15) is 17.3 Å². The van der Waals surface area contributed by atoms with Crippen molar-refractivity contribution in [1.29, 1.82) is 0 Å². The van der Waals surface area contributed by atoms with Gasteiger partial charge in [0.1, 0.15) is 0 Å². The zero-order valence-corrected chi connectivity index (χ0v) is 18.2. The van der Waals surface area contributed by atoms with E-state index in [1.807, 2.05) is 35.8 Å². The highest BCUT2D eigenvalue weighted by molar-refractivity contribution is 7.89. The molecule has 3 rings (SSSR count). The molecule has 0 unspecified atom stereocenters. The Labute approximate surface area is 173 Å². The molecule has 1 heterocycles. The first-order chi connectivity index (χ1) is 13.8. The molecular formula is C20H23N3O4S2. The largest absolute Gasteiger partial charge is 0.380 e. The second-order valence-electron chi connectivity index (χ2n) is 6.43. The SMILES string of the molecule is CCOCCn1c(=NC(=O)c2ccc(S(=O)(=O)N(C)C)cc2)sc2ccccc21. The number of fused-ring (bicyclic) bond motifs is 1. The smallest absolute Gasteiger partial charge is 0.279 e. The zero-order valence-electron chi connectivity index (χ0n) is 16.5. The standard InChI is InChI=1S/C20H23N3O4S2/c1-4-27-14-13-23-17-7-5-6-8-18(17)28-20(23)21-19(24)15-9-11-16(12-10-15)29(25,26)22(2)3/h5-12H,4,13-14H2,1-3H3. The summed E-state index contributed by atoms with van der Waals surface area (Å²) in [6, 6.07) is 13.7. The molecule has 154 valence electrons. The Hall–Kier alpha value is -2.33. The topological polar surface area (TPSA) is 81.0 Å². The van der Waals surface area contributed by atoms with Gasteiger partial charge < -0.3 is 9.30 Å². The lowest BCUT2D eigenvalue weighted by Crippen LogP contribution is -2.22. The minimum atomic E-state index is -3.54. The van der Waals surface area contributed by atoms with Crippen molar-refractivity contribution in [2.45, 2.75) is 18.4 Å². The molecule has 0 aliphatic rings. The summed E-state index contributed by atoms with van der Waals surface area (Å²) in [5.41, 5.74) is 1.33. The molecular weight excluding hydrogens is 410 g/mol. The predicted molar refractivity (Wildman–Crippen MR) is 114 cm³/mol. The molecule has 29 heavy (non-hydrogen) atoms. The number of nitrogens with zero attached hydrogens (tertiary/aromatic N) is 3. The Morgan fingerprint density at radius 1 is 1.14 bits per heavy atom. The third-order valence-corrected chi connectivity index (χ3v) is 7.22. The number of hydrogen-bond acceptors (Lipinski definition) is 5. The third-order valence-electron chi connectivity index (χ3n) is 4.33. The van der Waals surface area contributed by atoms with Gasteiger partial charge in [-0.1, -0.05) is 23.5 Å². The molecule has 0 saturated heterocycles. The van der Waals surface area contributed by atoms with E-state index in [0.29, 0.717) is 30.1 Å². The highest BCUT2D eigenvalue weighted by Gasteiger charge is 2.17. The molecule has 3 aromatic rings. The van der Waals surface area contributed by atoms with E-state index in [4.69, 9.17) is 4.74 Å². The number of thiazole rings is 1. The van der Waals surface area contributed by atoms with Crippen LogP contribution in [0, 0.1) is 0 Å². The van der Waals surface area contributed by atoms with Gasteiger partial charge in [0.25, 0.3) is 5.91 Å². The Morgan fingerprint density at radius 3 is 2.48 bits per heavy atom. The van der Waals surface area contributed by atoms with Gasteiger partial charge >= 0.3 is 0 Å². The zero-order chi connectivity index (χ0) is 21.0. The van der Waals surface area contributed by atoms with Gasteiger partial charge in [-0.3, -0.25) is 4.79 Å². The van der Waals surface area contributed by atoms with Crippen LogP contribution in [0.15, 0.2) is 58.4 Å². The first kappa shape index (κ1) is 21.4. The van der Waals surface area contributed by atoms with Crippen molar-refractivity contribution in [3.8, 4) is 0 Å². The Morgan fingerprint density at radius 2 is 1.83 bits per heavy atom. The van der Waals surface area contributed by atoms with Crippen molar-refractivity contribution in [3.63, 3.8) is 0 Å². The van der Waals surface area contributed by atoms with Gasteiger partial charge in [0.2, 0.25) is 10.0 Å². The molecule has 0 aliphatic carbocycles. The summed E-state index contributed by atoms with van der Waals surface area (Å²) >= 11 is 1.43. The van der Waals surface area contributed by atoms with E-state index >= 15 is 0 Å². The van der Waals surface area contributed by atoms with Crippen LogP contribution in [-0.2, 0) is 21.3 Å². The average Bonchev–Trinajstić information content (AvgIpc) is 3.05. The molecule has 0 N–H and O–H groups in total. The van der Waals surface area contributed by atoms with Crippen molar-refractivity contribution in [3.05, 3.63) is 58.9 Å². The minimum absolute atomic E-state index is 0.132. The van der Waals surface area contributed by atoms with Gasteiger partial charge in [0.15, 0.2) is 4.80 Å². The lowest BCUT2D eigenvalue weighted by molar-refractivity contribution is 0.0996. The Balaban J connectivity index is 1.96. The maximum atomic E-state index is 12.7. The van der Waals surface area contributed by atoms with Crippen molar-refractivity contribution in [2.24, 2.45) is 4.99 Å². The number of ether oxygens (including phenoxy) is 1. The average molecular weight is 434 g/mol. The van der Waals surface area contributed by atoms with Gasteiger partial charge in [-0.05, 0) is 43.3 Å². The number of carbonyl (C=O) groups excluding carboxylic acids is 1. The van der Waals surface area contributed by atoms with Gasteiger partial charge in [-0.25, -0.2) is 12.7 Å². The highest BCUT2D eigenvalue weighted by Crippen LogP contribution is 2.18. The number of hydrogen-bond donors (Lipinski definition) is 0. The Kier molecular flexibility index (Phi) is 6.63. The second kappa shape index (κ2) is 9.00. The van der Waals surface area contributed by atoms with E-state index in [-0.39, 0.29) is 4.90 Å². The number of benzene rings is 2. The van der Waals surface area contributed by atoms with E-state index in [1.165, 1.54) is 49.7 Å². The van der Waals surface area contributed by atoms with Crippen molar-refractivity contribution < 1.29 is 17.9 Å². The molecule has 0 saturated carbocycles. The summed E-state index contributed by atoms with van der Waals surface area (Å²) in [5, 5.41) is 0. The van der Waals surface area contributed by atoms with Crippen LogP contribution in [0.5, 0.6) is 0 Å². The normalized spacial score (nSPS) is 12.8. The molecule has 0 bridgehead atoms. The third kappa shape index (κ3) is 4.64. The predicted octanol–water partition coefficient (Wildman–Crippen LogP) is 2.73. The summed E-state index contributed by atoms with van der Waals surface area (Å²) < 4.78 is 33.9. The molecule has 0 radical (unpaired) electrons. The van der Waals surface area contributed by atoms with Gasteiger partial charge in [0.05, 0.1) is 21.7 Å². The summed E-state index contributed by atoms with van der Waals surface area (Å²) in [6.45, 7) is 3.67. The van der Waals surface area contributed by atoms with Crippen molar-refractivity contribution >= 4 is 37.5 Å². The summed E-state index contributed by atoms with van der Waals surface area (Å²) in [5.74, 6) is -0.421. The number of rotatable bonds is 7. The van der Waals surface area contributed by atoms with E-state index in [2.05, 4.69) is 4.99 Å². The number of amides is 1. The molecule has 2 aromatic carbocycles. The number of aromatic nitrogens is 1. The van der Waals surface area contributed by atoms with Gasteiger partial charge in [0, 0.05) is 32.8 Å². The van der Waals surface area contributed by atoms with Crippen LogP contribution in [0.4, 0.5) is 0 Å². The fourth-order valence-electron chi connectivity index (χ4n) is 2.75. The van der Waals surface area contributed by atoms with E-state index in [1.54, 1.807) is 0 Å². The molecule has 0 fully saturated rings.